The monoisotopic (exact) mass is 336 g/mol. The number of carbonyl (C=O) groups excluding carboxylic acids is 1. The molecule has 0 aliphatic carbocycles. The van der Waals surface area contributed by atoms with Gasteiger partial charge in [0.15, 0.2) is 0 Å². The standard InChI is InChI=1S/C15H17BrN2O2/c1-2-6-18-10-12(16)8-14(18)15(20)17-9-11-4-3-5-13(19)7-11/h3-5,7-8,10,19H,2,6,9H2,1H3,(H,17,20). The number of rotatable bonds is 5. The molecule has 0 bridgehead atoms. The van der Waals surface area contributed by atoms with Crippen molar-refractivity contribution in [3.05, 3.63) is 52.3 Å². The molecule has 0 saturated heterocycles. The van der Waals surface area contributed by atoms with Crippen LogP contribution < -0.4 is 5.32 Å². The summed E-state index contributed by atoms with van der Waals surface area (Å²) >= 11 is 3.39. The molecule has 1 aromatic heterocycles. The highest BCUT2D eigenvalue weighted by atomic mass is 79.9. The fraction of sp³-hybridized carbons (Fsp3) is 0.267. The van der Waals surface area contributed by atoms with E-state index in [0.29, 0.717) is 12.2 Å². The average molecular weight is 337 g/mol. The lowest BCUT2D eigenvalue weighted by atomic mass is 10.2. The van der Waals surface area contributed by atoms with Crippen LogP contribution >= 0.6 is 15.9 Å². The lowest BCUT2D eigenvalue weighted by molar-refractivity contribution is 0.0941. The molecule has 1 amide bonds. The Balaban J connectivity index is 2.05. The maximum absolute atomic E-state index is 12.2. The number of hydrogen-bond donors (Lipinski definition) is 2. The van der Waals surface area contributed by atoms with Crippen molar-refractivity contribution in [3.8, 4) is 5.75 Å². The molecule has 2 N–H and O–H groups in total. The number of carbonyl (C=O) groups is 1. The first-order valence-corrected chi connectivity index (χ1v) is 7.31. The third kappa shape index (κ3) is 3.63. The van der Waals surface area contributed by atoms with Crippen LogP contribution in [0.1, 0.15) is 29.4 Å². The number of aryl methyl sites for hydroxylation is 1. The van der Waals surface area contributed by atoms with Crippen LogP contribution in [0.2, 0.25) is 0 Å². The Bertz CT molecular complexity index is 608. The molecule has 20 heavy (non-hydrogen) atoms. The number of aromatic nitrogens is 1. The van der Waals surface area contributed by atoms with E-state index >= 15 is 0 Å². The quantitative estimate of drug-likeness (QED) is 0.880. The molecule has 0 saturated carbocycles. The minimum absolute atomic E-state index is 0.118. The van der Waals surface area contributed by atoms with Crippen LogP contribution in [0.3, 0.4) is 0 Å². The molecule has 2 aromatic rings. The van der Waals surface area contributed by atoms with E-state index < -0.39 is 0 Å². The zero-order valence-electron chi connectivity index (χ0n) is 11.3. The highest BCUT2D eigenvalue weighted by Crippen LogP contribution is 2.16. The van der Waals surface area contributed by atoms with E-state index in [9.17, 15) is 9.90 Å². The van der Waals surface area contributed by atoms with E-state index in [0.717, 1.165) is 23.0 Å². The maximum atomic E-state index is 12.2. The lowest BCUT2D eigenvalue weighted by Gasteiger charge is -2.09. The van der Waals surface area contributed by atoms with Crippen molar-refractivity contribution < 1.29 is 9.90 Å². The van der Waals surface area contributed by atoms with Gasteiger partial charge in [0.2, 0.25) is 0 Å². The van der Waals surface area contributed by atoms with Gasteiger partial charge in [-0.2, -0.15) is 0 Å². The lowest BCUT2D eigenvalue weighted by Crippen LogP contribution is -2.25. The average Bonchev–Trinajstić information content (AvgIpc) is 2.78. The molecule has 4 nitrogen and oxygen atoms in total. The topological polar surface area (TPSA) is 54.3 Å². The Kier molecular flexibility index (Phi) is 4.84. The van der Waals surface area contributed by atoms with Gasteiger partial charge in [0.25, 0.3) is 5.91 Å². The summed E-state index contributed by atoms with van der Waals surface area (Å²) in [4.78, 5) is 12.2. The van der Waals surface area contributed by atoms with Crippen molar-refractivity contribution in [1.82, 2.24) is 9.88 Å². The normalized spacial score (nSPS) is 10.5. The van der Waals surface area contributed by atoms with E-state index in [-0.39, 0.29) is 11.7 Å². The van der Waals surface area contributed by atoms with Crippen molar-refractivity contribution in [2.24, 2.45) is 0 Å². The van der Waals surface area contributed by atoms with Gasteiger partial charge in [-0.25, -0.2) is 0 Å². The van der Waals surface area contributed by atoms with Crippen LogP contribution in [0.4, 0.5) is 0 Å². The minimum atomic E-state index is -0.118. The number of phenols is 1. The molecule has 0 aliphatic heterocycles. The summed E-state index contributed by atoms with van der Waals surface area (Å²) in [5.41, 5.74) is 1.50. The number of halogens is 1. The zero-order valence-corrected chi connectivity index (χ0v) is 12.9. The summed E-state index contributed by atoms with van der Waals surface area (Å²) in [6.45, 7) is 3.27. The summed E-state index contributed by atoms with van der Waals surface area (Å²) in [5.74, 6) is 0.0846. The predicted molar refractivity (Wildman–Crippen MR) is 81.7 cm³/mol. The SMILES string of the molecule is CCCn1cc(Br)cc1C(=O)NCc1cccc(O)c1. The van der Waals surface area contributed by atoms with Gasteiger partial charge in [0.1, 0.15) is 11.4 Å². The molecule has 106 valence electrons. The van der Waals surface area contributed by atoms with Crippen LogP contribution in [0.15, 0.2) is 41.0 Å². The second-order valence-electron chi connectivity index (χ2n) is 4.59. The van der Waals surface area contributed by atoms with Crippen molar-refractivity contribution in [2.75, 3.05) is 0 Å². The largest absolute Gasteiger partial charge is 0.508 e. The third-order valence-corrected chi connectivity index (χ3v) is 3.36. The van der Waals surface area contributed by atoms with Crippen LogP contribution in [0.5, 0.6) is 5.75 Å². The smallest absolute Gasteiger partial charge is 0.268 e. The first-order valence-electron chi connectivity index (χ1n) is 6.52. The molecule has 0 fully saturated rings. The molecule has 5 heteroatoms. The minimum Gasteiger partial charge on any atom is -0.508 e. The van der Waals surface area contributed by atoms with Gasteiger partial charge in [-0.1, -0.05) is 19.1 Å². The number of amides is 1. The highest BCUT2D eigenvalue weighted by Gasteiger charge is 2.12. The van der Waals surface area contributed by atoms with Gasteiger partial charge in [-0.05, 0) is 46.1 Å². The number of hydrogen-bond acceptors (Lipinski definition) is 2. The Morgan fingerprint density at radius 1 is 1.40 bits per heavy atom. The van der Waals surface area contributed by atoms with E-state index in [1.807, 2.05) is 22.9 Å². The second-order valence-corrected chi connectivity index (χ2v) is 5.51. The number of aromatic hydroxyl groups is 1. The summed E-state index contributed by atoms with van der Waals surface area (Å²) < 4.78 is 2.83. The molecule has 2 rings (SSSR count). The van der Waals surface area contributed by atoms with E-state index in [1.165, 1.54) is 0 Å². The summed E-state index contributed by atoms with van der Waals surface area (Å²) in [6, 6.07) is 8.68. The van der Waals surface area contributed by atoms with Crippen LogP contribution in [0.25, 0.3) is 0 Å². The summed E-state index contributed by atoms with van der Waals surface area (Å²) in [6.07, 6.45) is 2.88. The Labute approximate surface area is 126 Å². The molecule has 1 aromatic carbocycles. The second kappa shape index (κ2) is 6.61. The number of benzene rings is 1. The van der Waals surface area contributed by atoms with Crippen molar-refractivity contribution in [1.29, 1.82) is 0 Å². The first-order chi connectivity index (χ1) is 9.60. The van der Waals surface area contributed by atoms with Crippen LogP contribution in [0, 0.1) is 0 Å². The van der Waals surface area contributed by atoms with E-state index in [1.54, 1.807) is 18.2 Å². The molecule has 0 aliphatic rings. The van der Waals surface area contributed by atoms with Crippen LogP contribution in [-0.4, -0.2) is 15.6 Å². The van der Waals surface area contributed by atoms with Gasteiger partial charge in [-0.3, -0.25) is 4.79 Å². The van der Waals surface area contributed by atoms with Gasteiger partial charge in [0.05, 0.1) is 0 Å². The number of nitrogens with one attached hydrogen (secondary N) is 1. The molecular weight excluding hydrogens is 320 g/mol. The Hall–Kier alpha value is -1.75. The zero-order chi connectivity index (χ0) is 14.5. The summed E-state index contributed by atoms with van der Waals surface area (Å²) in [5, 5.41) is 12.3. The molecule has 1 heterocycles. The van der Waals surface area contributed by atoms with Crippen molar-refractivity contribution in [2.45, 2.75) is 26.4 Å². The maximum Gasteiger partial charge on any atom is 0.268 e. The van der Waals surface area contributed by atoms with Gasteiger partial charge in [0, 0.05) is 23.8 Å². The number of nitrogens with zero attached hydrogens (tertiary/aromatic N) is 1. The Morgan fingerprint density at radius 2 is 2.20 bits per heavy atom. The van der Waals surface area contributed by atoms with Gasteiger partial charge < -0.3 is 15.0 Å². The molecule has 0 radical (unpaired) electrons. The highest BCUT2D eigenvalue weighted by molar-refractivity contribution is 9.10. The van der Waals surface area contributed by atoms with Crippen LogP contribution in [-0.2, 0) is 13.1 Å². The fourth-order valence-electron chi connectivity index (χ4n) is 2.03. The van der Waals surface area contributed by atoms with E-state index in [4.69, 9.17) is 0 Å². The molecule has 0 atom stereocenters. The molecule has 0 spiro atoms. The van der Waals surface area contributed by atoms with Crippen molar-refractivity contribution >= 4 is 21.8 Å². The van der Waals surface area contributed by atoms with E-state index in [2.05, 4.69) is 28.2 Å². The van der Waals surface area contributed by atoms with Gasteiger partial charge in [-0.15, -0.1) is 0 Å². The summed E-state index contributed by atoms with van der Waals surface area (Å²) in [7, 11) is 0. The molecule has 0 unspecified atom stereocenters. The number of phenolic OH excluding ortho intramolecular Hbond substituents is 1. The van der Waals surface area contributed by atoms with Gasteiger partial charge >= 0.3 is 0 Å². The molecular formula is C15H17BrN2O2. The first kappa shape index (κ1) is 14.7. The fourth-order valence-corrected chi connectivity index (χ4v) is 2.49. The predicted octanol–water partition coefficient (Wildman–Crippen LogP) is 3.30. The van der Waals surface area contributed by atoms with Crippen molar-refractivity contribution in [3.63, 3.8) is 0 Å². The third-order valence-electron chi connectivity index (χ3n) is 2.92. The Morgan fingerprint density at radius 3 is 2.90 bits per heavy atom.